The Morgan fingerprint density at radius 2 is 2.09 bits per heavy atom. The topological polar surface area (TPSA) is 102 Å². The van der Waals surface area contributed by atoms with Gasteiger partial charge in [0, 0.05) is 36.0 Å². The molecule has 0 aliphatic heterocycles. The zero-order chi connectivity index (χ0) is 15.9. The number of hydrogen-bond donors (Lipinski definition) is 2. The molecule has 0 saturated heterocycles. The van der Waals surface area contributed by atoms with Gasteiger partial charge in [-0.1, -0.05) is 6.07 Å². The Morgan fingerprint density at radius 1 is 1.32 bits per heavy atom. The highest BCUT2D eigenvalue weighted by atomic mass is 32.2. The summed E-state index contributed by atoms with van der Waals surface area (Å²) in [5, 5.41) is 0.638. The Bertz CT molecular complexity index is 966. The largest absolute Gasteiger partial charge is 0.384 e. The maximum Gasteiger partial charge on any atom is 0.218 e. The molecule has 3 heterocycles. The van der Waals surface area contributed by atoms with Crippen molar-refractivity contribution in [2.24, 2.45) is 0 Å². The fraction of sp³-hybridized carbons (Fsp3) is 0.143. The van der Waals surface area contributed by atoms with Crippen LogP contribution in [0, 0.1) is 5.95 Å². The number of fused-ring (bicyclic) bond motifs is 1. The van der Waals surface area contributed by atoms with Crippen LogP contribution >= 0.6 is 0 Å². The van der Waals surface area contributed by atoms with Crippen molar-refractivity contribution in [1.82, 2.24) is 15.0 Å². The summed E-state index contributed by atoms with van der Waals surface area (Å²) in [5.41, 5.74) is 7.08. The molecule has 0 aliphatic rings. The first-order valence-electron chi connectivity index (χ1n) is 6.41. The molecule has 3 N–H and O–H groups in total. The van der Waals surface area contributed by atoms with Crippen molar-refractivity contribution in [3.8, 4) is 0 Å². The van der Waals surface area contributed by atoms with Gasteiger partial charge in [-0.2, -0.15) is 4.39 Å². The number of nitrogen functional groups attached to an aromatic ring is 1. The summed E-state index contributed by atoms with van der Waals surface area (Å²) in [5.74, 6) is -0.525. The number of H-pyrrole nitrogens is 1. The molecule has 0 atom stereocenters. The smallest absolute Gasteiger partial charge is 0.218 e. The summed E-state index contributed by atoms with van der Waals surface area (Å²) in [6.07, 6.45) is 4.35. The van der Waals surface area contributed by atoms with E-state index in [1.54, 1.807) is 12.3 Å². The number of pyridine rings is 2. The van der Waals surface area contributed by atoms with E-state index in [9.17, 15) is 12.8 Å². The summed E-state index contributed by atoms with van der Waals surface area (Å²) in [4.78, 5) is 10.7. The number of hydrogen-bond acceptors (Lipinski definition) is 5. The predicted molar refractivity (Wildman–Crippen MR) is 80.6 cm³/mol. The van der Waals surface area contributed by atoms with Crippen LogP contribution in [0.5, 0.6) is 0 Å². The minimum absolute atomic E-state index is 0.112. The van der Waals surface area contributed by atoms with Crippen molar-refractivity contribution in [3.63, 3.8) is 0 Å². The third kappa shape index (κ3) is 2.64. The first kappa shape index (κ1) is 14.5. The van der Waals surface area contributed by atoms with Crippen LogP contribution in [0.2, 0.25) is 0 Å². The SMILES string of the molecule is CS(=O)(=O)c1cnc2[nH]cc(Cc3ccc(N)nc3F)c2c1. The summed E-state index contributed by atoms with van der Waals surface area (Å²) >= 11 is 0. The third-order valence-corrected chi connectivity index (χ3v) is 4.43. The van der Waals surface area contributed by atoms with Gasteiger partial charge in [-0.15, -0.1) is 0 Å². The minimum atomic E-state index is -3.35. The van der Waals surface area contributed by atoms with Crippen LogP contribution in [0.4, 0.5) is 10.2 Å². The van der Waals surface area contributed by atoms with E-state index in [0.29, 0.717) is 16.6 Å². The van der Waals surface area contributed by atoms with Crippen molar-refractivity contribution >= 4 is 26.7 Å². The molecule has 0 fully saturated rings. The van der Waals surface area contributed by atoms with Crippen molar-refractivity contribution in [1.29, 1.82) is 0 Å². The maximum atomic E-state index is 13.8. The van der Waals surface area contributed by atoms with Gasteiger partial charge in [-0.05, 0) is 17.7 Å². The normalized spacial score (nSPS) is 11.9. The van der Waals surface area contributed by atoms with Crippen LogP contribution in [-0.4, -0.2) is 29.6 Å². The molecule has 0 bridgehead atoms. The van der Waals surface area contributed by atoms with Crippen molar-refractivity contribution < 1.29 is 12.8 Å². The van der Waals surface area contributed by atoms with E-state index < -0.39 is 15.8 Å². The highest BCUT2D eigenvalue weighted by Crippen LogP contribution is 2.23. The zero-order valence-electron chi connectivity index (χ0n) is 11.7. The second-order valence-electron chi connectivity index (χ2n) is 5.02. The van der Waals surface area contributed by atoms with Crippen molar-refractivity contribution in [3.05, 3.63) is 47.7 Å². The molecule has 3 aromatic rings. The molecule has 22 heavy (non-hydrogen) atoms. The second kappa shape index (κ2) is 5.06. The van der Waals surface area contributed by atoms with E-state index in [0.717, 1.165) is 11.8 Å². The minimum Gasteiger partial charge on any atom is -0.384 e. The van der Waals surface area contributed by atoms with Gasteiger partial charge in [0.05, 0.1) is 4.90 Å². The lowest BCUT2D eigenvalue weighted by molar-refractivity contribution is 0.572. The second-order valence-corrected chi connectivity index (χ2v) is 7.03. The summed E-state index contributed by atoms with van der Waals surface area (Å²) in [6.45, 7) is 0. The van der Waals surface area contributed by atoms with E-state index in [2.05, 4.69) is 15.0 Å². The fourth-order valence-electron chi connectivity index (χ4n) is 2.20. The molecule has 0 saturated carbocycles. The molecule has 8 heteroatoms. The molecular formula is C14H13FN4O2S. The molecule has 0 aromatic carbocycles. The van der Waals surface area contributed by atoms with Crippen LogP contribution < -0.4 is 5.73 Å². The monoisotopic (exact) mass is 320 g/mol. The summed E-state index contributed by atoms with van der Waals surface area (Å²) in [7, 11) is -3.35. The van der Waals surface area contributed by atoms with Gasteiger partial charge in [0.15, 0.2) is 9.84 Å². The highest BCUT2D eigenvalue weighted by molar-refractivity contribution is 7.90. The van der Waals surface area contributed by atoms with E-state index in [4.69, 9.17) is 5.73 Å². The molecule has 0 unspecified atom stereocenters. The highest BCUT2D eigenvalue weighted by Gasteiger charge is 2.14. The Morgan fingerprint density at radius 3 is 2.77 bits per heavy atom. The number of nitrogens with one attached hydrogen (secondary N) is 1. The third-order valence-electron chi connectivity index (χ3n) is 3.35. The van der Waals surface area contributed by atoms with E-state index >= 15 is 0 Å². The quantitative estimate of drug-likeness (QED) is 0.715. The van der Waals surface area contributed by atoms with Gasteiger partial charge in [0.1, 0.15) is 11.5 Å². The number of halogens is 1. The van der Waals surface area contributed by atoms with Crippen molar-refractivity contribution in [2.75, 3.05) is 12.0 Å². The van der Waals surface area contributed by atoms with E-state index in [1.807, 2.05) is 0 Å². The van der Waals surface area contributed by atoms with Gasteiger partial charge in [0.25, 0.3) is 0 Å². The van der Waals surface area contributed by atoms with Gasteiger partial charge >= 0.3 is 0 Å². The average Bonchev–Trinajstić information content (AvgIpc) is 2.83. The maximum absolute atomic E-state index is 13.8. The number of aromatic nitrogens is 3. The first-order chi connectivity index (χ1) is 10.3. The van der Waals surface area contributed by atoms with Gasteiger partial charge < -0.3 is 10.7 Å². The molecular weight excluding hydrogens is 307 g/mol. The molecule has 0 radical (unpaired) electrons. The number of nitrogens with zero attached hydrogens (tertiary/aromatic N) is 2. The molecule has 0 spiro atoms. The standard InChI is InChI=1S/C14H13FN4O2S/c1-22(20,21)10-5-11-9(6-17-14(11)18-7-10)4-8-2-3-12(16)19-13(8)15/h2-3,5-7H,4H2,1H3,(H2,16,19)(H,17,18). The fourth-order valence-corrected chi connectivity index (χ4v) is 2.78. The van der Waals surface area contributed by atoms with Crippen LogP contribution in [0.3, 0.4) is 0 Å². The summed E-state index contributed by atoms with van der Waals surface area (Å²) in [6, 6.07) is 4.61. The lowest BCUT2D eigenvalue weighted by Crippen LogP contribution is -2.00. The van der Waals surface area contributed by atoms with Crippen LogP contribution in [0.15, 0.2) is 35.5 Å². The summed E-state index contributed by atoms with van der Waals surface area (Å²) < 4.78 is 37.0. The van der Waals surface area contributed by atoms with Crippen LogP contribution in [0.25, 0.3) is 11.0 Å². The number of rotatable bonds is 3. The Balaban J connectivity index is 2.07. The lowest BCUT2D eigenvalue weighted by Gasteiger charge is -2.03. The van der Waals surface area contributed by atoms with Gasteiger partial charge in [-0.25, -0.2) is 18.4 Å². The van der Waals surface area contributed by atoms with E-state index in [-0.39, 0.29) is 17.1 Å². The van der Waals surface area contributed by atoms with Crippen molar-refractivity contribution in [2.45, 2.75) is 11.3 Å². The van der Waals surface area contributed by atoms with Gasteiger partial charge in [0.2, 0.25) is 5.95 Å². The Kier molecular flexibility index (Phi) is 3.32. The van der Waals surface area contributed by atoms with Crippen LogP contribution in [0.1, 0.15) is 11.1 Å². The Labute approximate surface area is 126 Å². The molecule has 0 amide bonds. The zero-order valence-corrected chi connectivity index (χ0v) is 12.5. The number of nitrogens with two attached hydrogens (primary N) is 1. The average molecular weight is 320 g/mol. The number of aromatic amines is 1. The van der Waals surface area contributed by atoms with Gasteiger partial charge in [-0.3, -0.25) is 0 Å². The van der Waals surface area contributed by atoms with Crippen LogP contribution in [-0.2, 0) is 16.3 Å². The molecule has 6 nitrogen and oxygen atoms in total. The number of anilines is 1. The lowest BCUT2D eigenvalue weighted by atomic mass is 10.1. The number of sulfone groups is 1. The molecule has 0 aliphatic carbocycles. The van der Waals surface area contributed by atoms with E-state index in [1.165, 1.54) is 18.3 Å². The molecule has 114 valence electrons. The molecule has 3 aromatic heterocycles. The first-order valence-corrected chi connectivity index (χ1v) is 8.30. The molecule has 3 rings (SSSR count). The Hall–Kier alpha value is -2.48. The predicted octanol–water partition coefficient (Wildman–Crippen LogP) is 1.67.